The third-order valence-electron chi connectivity index (χ3n) is 9.50. The maximum atomic E-state index is 6.40. The summed E-state index contributed by atoms with van der Waals surface area (Å²) in [6.07, 6.45) is 0. The summed E-state index contributed by atoms with van der Waals surface area (Å²) in [5.41, 5.74) is 14.4. The Morgan fingerprint density at radius 3 is 1.44 bits per heavy atom. The van der Waals surface area contributed by atoms with Gasteiger partial charge in [0.2, 0.25) is 0 Å². The van der Waals surface area contributed by atoms with Gasteiger partial charge in [-0.2, -0.15) is 0 Å². The SMILES string of the molecule is c1ccc(-c2ccc(-c3ccc(N(c4ccc(-c5ccccc5)cc4)c4cccc5oc6ccccc6c45)c(-c4ccccc4)c3)cc2)cc1. The van der Waals surface area contributed by atoms with Crippen LogP contribution < -0.4 is 4.90 Å². The molecule has 2 nitrogen and oxygen atoms in total. The summed E-state index contributed by atoms with van der Waals surface area (Å²) in [6, 6.07) is 71.1. The van der Waals surface area contributed by atoms with Gasteiger partial charge in [0.05, 0.1) is 16.8 Å². The van der Waals surface area contributed by atoms with Crippen LogP contribution in [-0.2, 0) is 0 Å². The quantitative estimate of drug-likeness (QED) is 0.173. The minimum absolute atomic E-state index is 0.867. The van der Waals surface area contributed by atoms with E-state index in [1.807, 2.05) is 12.1 Å². The van der Waals surface area contributed by atoms with Crippen molar-refractivity contribution in [3.8, 4) is 44.5 Å². The number of fused-ring (bicyclic) bond motifs is 3. The molecule has 0 spiro atoms. The molecule has 50 heavy (non-hydrogen) atoms. The standard InChI is InChI=1S/C48H33NO/c1-4-13-34(14-5-1)36-23-25-38(26-24-36)40-29-32-44(43(33-40)39-17-8-3-9-18-39)49(41-30-27-37(28-31-41)35-15-6-2-7-16-35)45-20-12-22-47-48(45)42-19-10-11-21-46(42)50-47/h1-33H. The van der Waals surface area contributed by atoms with E-state index < -0.39 is 0 Å². The van der Waals surface area contributed by atoms with Gasteiger partial charge < -0.3 is 9.32 Å². The second-order valence-corrected chi connectivity index (χ2v) is 12.5. The topological polar surface area (TPSA) is 16.4 Å². The van der Waals surface area contributed by atoms with Crippen LogP contribution in [0, 0.1) is 0 Å². The first-order valence-electron chi connectivity index (χ1n) is 17.0. The molecule has 1 heterocycles. The Hall–Kier alpha value is -6.64. The van der Waals surface area contributed by atoms with Crippen LogP contribution in [0.3, 0.4) is 0 Å². The average Bonchev–Trinajstić information content (AvgIpc) is 3.59. The van der Waals surface area contributed by atoms with Crippen LogP contribution >= 0.6 is 0 Å². The highest BCUT2D eigenvalue weighted by atomic mass is 16.3. The number of anilines is 3. The van der Waals surface area contributed by atoms with Gasteiger partial charge in [0.1, 0.15) is 11.2 Å². The number of hydrogen-bond donors (Lipinski definition) is 0. The third-order valence-corrected chi connectivity index (χ3v) is 9.50. The highest BCUT2D eigenvalue weighted by Gasteiger charge is 2.22. The predicted molar refractivity (Wildman–Crippen MR) is 210 cm³/mol. The Morgan fingerprint density at radius 1 is 0.320 bits per heavy atom. The molecule has 0 bridgehead atoms. The lowest BCUT2D eigenvalue weighted by atomic mass is 9.94. The molecule has 236 valence electrons. The van der Waals surface area contributed by atoms with Crippen LogP contribution in [0.1, 0.15) is 0 Å². The molecule has 9 aromatic rings. The molecule has 0 aliphatic carbocycles. The van der Waals surface area contributed by atoms with Gasteiger partial charge >= 0.3 is 0 Å². The number of para-hydroxylation sites is 1. The van der Waals surface area contributed by atoms with E-state index in [1.165, 1.54) is 33.4 Å². The van der Waals surface area contributed by atoms with Crippen molar-refractivity contribution in [2.24, 2.45) is 0 Å². The van der Waals surface area contributed by atoms with Crippen LogP contribution in [0.4, 0.5) is 17.1 Å². The Morgan fingerprint density at radius 2 is 0.800 bits per heavy atom. The van der Waals surface area contributed by atoms with Crippen molar-refractivity contribution in [3.63, 3.8) is 0 Å². The summed E-state index contributed by atoms with van der Waals surface area (Å²) in [4.78, 5) is 2.39. The Labute approximate surface area is 292 Å². The van der Waals surface area contributed by atoms with Crippen LogP contribution in [0.2, 0.25) is 0 Å². The molecular formula is C48H33NO. The van der Waals surface area contributed by atoms with Crippen LogP contribution in [0.15, 0.2) is 205 Å². The van der Waals surface area contributed by atoms with Gasteiger partial charge in [0.25, 0.3) is 0 Å². The number of nitrogens with zero attached hydrogens (tertiary/aromatic N) is 1. The minimum Gasteiger partial charge on any atom is -0.456 e. The lowest BCUT2D eigenvalue weighted by Crippen LogP contribution is -2.11. The van der Waals surface area contributed by atoms with Crippen molar-refractivity contribution in [2.45, 2.75) is 0 Å². The van der Waals surface area contributed by atoms with Crippen LogP contribution in [0.5, 0.6) is 0 Å². The summed E-state index contributed by atoms with van der Waals surface area (Å²) < 4.78 is 6.40. The molecular weight excluding hydrogens is 607 g/mol. The van der Waals surface area contributed by atoms with Crippen molar-refractivity contribution in [2.75, 3.05) is 4.90 Å². The number of rotatable bonds is 7. The van der Waals surface area contributed by atoms with E-state index in [0.717, 1.165) is 50.1 Å². The number of hydrogen-bond acceptors (Lipinski definition) is 2. The second-order valence-electron chi connectivity index (χ2n) is 12.5. The van der Waals surface area contributed by atoms with Crippen LogP contribution in [0.25, 0.3) is 66.4 Å². The van der Waals surface area contributed by atoms with Crippen molar-refractivity contribution in [3.05, 3.63) is 200 Å². The normalized spacial score (nSPS) is 11.2. The Balaban J connectivity index is 1.25. The van der Waals surface area contributed by atoms with Crippen molar-refractivity contribution >= 4 is 39.0 Å². The highest BCUT2D eigenvalue weighted by Crippen LogP contribution is 2.47. The highest BCUT2D eigenvalue weighted by molar-refractivity contribution is 6.14. The second kappa shape index (κ2) is 12.8. The molecule has 1 aromatic heterocycles. The van der Waals surface area contributed by atoms with Gasteiger partial charge in [-0.15, -0.1) is 0 Å². The zero-order valence-electron chi connectivity index (χ0n) is 27.4. The van der Waals surface area contributed by atoms with Gasteiger partial charge in [-0.05, 0) is 81.4 Å². The van der Waals surface area contributed by atoms with Gasteiger partial charge in [0, 0.05) is 16.6 Å². The smallest absolute Gasteiger partial charge is 0.137 e. The Kier molecular flexibility index (Phi) is 7.53. The fraction of sp³-hybridized carbons (Fsp3) is 0. The molecule has 0 saturated carbocycles. The van der Waals surface area contributed by atoms with E-state index in [0.29, 0.717) is 0 Å². The van der Waals surface area contributed by atoms with Gasteiger partial charge in [-0.3, -0.25) is 0 Å². The lowest BCUT2D eigenvalue weighted by molar-refractivity contribution is 0.669. The van der Waals surface area contributed by atoms with Gasteiger partial charge in [0.15, 0.2) is 0 Å². The zero-order valence-corrected chi connectivity index (χ0v) is 27.4. The average molecular weight is 640 g/mol. The fourth-order valence-corrected chi connectivity index (χ4v) is 7.03. The first kappa shape index (κ1) is 29.5. The van der Waals surface area contributed by atoms with Crippen molar-refractivity contribution < 1.29 is 4.42 Å². The zero-order chi connectivity index (χ0) is 33.3. The molecule has 0 fully saturated rings. The van der Waals surface area contributed by atoms with Crippen molar-refractivity contribution in [1.29, 1.82) is 0 Å². The molecule has 0 radical (unpaired) electrons. The molecule has 0 N–H and O–H groups in total. The summed E-state index contributed by atoms with van der Waals surface area (Å²) in [5.74, 6) is 0. The molecule has 0 aliphatic heterocycles. The molecule has 0 saturated heterocycles. The van der Waals surface area contributed by atoms with E-state index in [-0.39, 0.29) is 0 Å². The molecule has 0 atom stereocenters. The molecule has 9 rings (SSSR count). The van der Waals surface area contributed by atoms with Crippen LogP contribution in [-0.4, -0.2) is 0 Å². The van der Waals surface area contributed by atoms with Gasteiger partial charge in [-0.25, -0.2) is 0 Å². The lowest BCUT2D eigenvalue weighted by Gasteiger charge is -2.29. The fourth-order valence-electron chi connectivity index (χ4n) is 7.03. The third kappa shape index (κ3) is 5.43. The molecule has 0 amide bonds. The summed E-state index contributed by atoms with van der Waals surface area (Å²) >= 11 is 0. The molecule has 8 aromatic carbocycles. The van der Waals surface area contributed by atoms with E-state index in [9.17, 15) is 0 Å². The van der Waals surface area contributed by atoms with E-state index >= 15 is 0 Å². The predicted octanol–water partition coefficient (Wildman–Crippen LogP) is 13.7. The Bertz CT molecular complexity index is 2550. The number of benzene rings is 8. The number of furan rings is 1. The molecule has 0 unspecified atom stereocenters. The molecule has 0 aliphatic rings. The van der Waals surface area contributed by atoms with E-state index in [2.05, 4.69) is 193 Å². The minimum atomic E-state index is 0.867. The summed E-state index contributed by atoms with van der Waals surface area (Å²) in [7, 11) is 0. The first-order valence-corrected chi connectivity index (χ1v) is 17.0. The molecule has 2 heteroatoms. The summed E-state index contributed by atoms with van der Waals surface area (Å²) in [5, 5.41) is 2.19. The maximum Gasteiger partial charge on any atom is 0.137 e. The largest absolute Gasteiger partial charge is 0.456 e. The first-order chi connectivity index (χ1) is 24.8. The summed E-state index contributed by atoms with van der Waals surface area (Å²) in [6.45, 7) is 0. The van der Waals surface area contributed by atoms with Crippen molar-refractivity contribution in [1.82, 2.24) is 0 Å². The van der Waals surface area contributed by atoms with Gasteiger partial charge in [-0.1, -0.05) is 158 Å². The van der Waals surface area contributed by atoms with E-state index in [4.69, 9.17) is 4.42 Å². The van der Waals surface area contributed by atoms with E-state index in [1.54, 1.807) is 0 Å². The monoisotopic (exact) mass is 639 g/mol. The maximum absolute atomic E-state index is 6.40.